The van der Waals surface area contributed by atoms with E-state index in [9.17, 15) is 13.2 Å². The number of carbonyl (C=O) groups is 1. The Morgan fingerprint density at radius 3 is 2.13 bits per heavy atom. The molecular formula is C16H23N3O3S. The maximum atomic E-state index is 12.4. The lowest BCUT2D eigenvalue weighted by molar-refractivity contribution is -0.132. The fourth-order valence-corrected chi connectivity index (χ4v) is 4.33. The highest BCUT2D eigenvalue weighted by Crippen LogP contribution is 2.15. The molecule has 2 saturated heterocycles. The second kappa shape index (κ2) is 6.88. The lowest BCUT2D eigenvalue weighted by Crippen LogP contribution is -2.52. The molecule has 0 aliphatic carbocycles. The van der Waals surface area contributed by atoms with Crippen LogP contribution in [0.15, 0.2) is 30.3 Å². The van der Waals surface area contributed by atoms with Gasteiger partial charge in [-0.3, -0.25) is 9.69 Å². The average Bonchev–Trinajstić information content (AvgIpc) is 2.58. The minimum atomic E-state index is -2.89. The van der Waals surface area contributed by atoms with Crippen molar-refractivity contribution in [3.8, 4) is 0 Å². The Morgan fingerprint density at radius 1 is 0.913 bits per heavy atom. The zero-order chi connectivity index (χ0) is 16.3. The Balaban J connectivity index is 1.47. The molecule has 2 aliphatic rings. The van der Waals surface area contributed by atoms with Gasteiger partial charge in [-0.1, -0.05) is 18.2 Å². The average molecular weight is 337 g/mol. The fraction of sp³-hybridized carbons (Fsp3) is 0.562. The fourth-order valence-electron chi connectivity index (χ4n) is 3.05. The second-order valence-electron chi connectivity index (χ2n) is 6.13. The van der Waals surface area contributed by atoms with E-state index in [0.29, 0.717) is 19.6 Å². The number of benzene rings is 1. The number of hydrogen-bond acceptors (Lipinski definition) is 5. The topological polar surface area (TPSA) is 60.9 Å². The first-order valence-electron chi connectivity index (χ1n) is 8.04. The molecule has 0 radical (unpaired) electrons. The van der Waals surface area contributed by atoms with Gasteiger partial charge in [0.25, 0.3) is 0 Å². The Labute approximate surface area is 137 Å². The van der Waals surface area contributed by atoms with Gasteiger partial charge in [-0.05, 0) is 12.1 Å². The number of hydrogen-bond donors (Lipinski definition) is 0. The Kier molecular flexibility index (Phi) is 4.87. The molecule has 0 N–H and O–H groups in total. The van der Waals surface area contributed by atoms with Gasteiger partial charge < -0.3 is 9.80 Å². The maximum absolute atomic E-state index is 12.4. The molecule has 0 bridgehead atoms. The van der Waals surface area contributed by atoms with Crippen molar-refractivity contribution in [3.63, 3.8) is 0 Å². The minimum Gasteiger partial charge on any atom is -0.368 e. The predicted molar refractivity (Wildman–Crippen MR) is 90.3 cm³/mol. The van der Waals surface area contributed by atoms with E-state index in [1.165, 1.54) is 5.69 Å². The molecule has 2 aliphatic heterocycles. The number of piperazine rings is 1. The third-order valence-electron chi connectivity index (χ3n) is 4.55. The molecule has 1 aromatic carbocycles. The Morgan fingerprint density at radius 2 is 1.52 bits per heavy atom. The zero-order valence-electron chi connectivity index (χ0n) is 13.2. The number of nitrogens with zero attached hydrogens (tertiary/aromatic N) is 3. The highest BCUT2D eigenvalue weighted by molar-refractivity contribution is 7.91. The van der Waals surface area contributed by atoms with Gasteiger partial charge in [-0.25, -0.2) is 8.42 Å². The van der Waals surface area contributed by atoms with Crippen LogP contribution in [-0.4, -0.2) is 81.4 Å². The van der Waals surface area contributed by atoms with Gasteiger partial charge in [0.1, 0.15) is 0 Å². The lowest BCUT2D eigenvalue weighted by atomic mass is 10.2. The number of para-hydroxylation sites is 1. The van der Waals surface area contributed by atoms with E-state index in [0.717, 1.165) is 26.2 Å². The quantitative estimate of drug-likeness (QED) is 0.781. The van der Waals surface area contributed by atoms with Crippen LogP contribution in [0.5, 0.6) is 0 Å². The monoisotopic (exact) mass is 337 g/mol. The van der Waals surface area contributed by atoms with Gasteiger partial charge in [-0.2, -0.15) is 0 Å². The van der Waals surface area contributed by atoms with Crippen LogP contribution in [0, 0.1) is 0 Å². The molecule has 6 nitrogen and oxygen atoms in total. The lowest BCUT2D eigenvalue weighted by Gasteiger charge is -2.37. The SMILES string of the molecule is O=C(CN1CCS(=O)(=O)CC1)N1CCN(c2ccccc2)CC1. The molecule has 7 heteroatoms. The van der Waals surface area contributed by atoms with Crippen molar-refractivity contribution in [2.75, 3.05) is 62.2 Å². The summed E-state index contributed by atoms with van der Waals surface area (Å²) in [6.07, 6.45) is 0. The molecule has 3 rings (SSSR count). The molecule has 0 atom stereocenters. The minimum absolute atomic E-state index is 0.108. The van der Waals surface area contributed by atoms with Crippen molar-refractivity contribution in [2.45, 2.75) is 0 Å². The molecule has 2 fully saturated rings. The number of amides is 1. The molecule has 1 amide bonds. The van der Waals surface area contributed by atoms with Crippen molar-refractivity contribution in [2.24, 2.45) is 0 Å². The van der Waals surface area contributed by atoms with E-state index in [4.69, 9.17) is 0 Å². The molecule has 23 heavy (non-hydrogen) atoms. The number of rotatable bonds is 3. The van der Waals surface area contributed by atoms with Gasteiger partial charge >= 0.3 is 0 Å². The normalized spacial score (nSPS) is 22.1. The first kappa shape index (κ1) is 16.3. The predicted octanol–water partition coefficient (Wildman–Crippen LogP) is 0.0656. The largest absolute Gasteiger partial charge is 0.368 e. The van der Waals surface area contributed by atoms with Crippen LogP contribution in [-0.2, 0) is 14.6 Å². The van der Waals surface area contributed by atoms with Gasteiger partial charge in [0.2, 0.25) is 5.91 Å². The summed E-state index contributed by atoms with van der Waals surface area (Å²) in [6, 6.07) is 10.2. The molecule has 1 aromatic rings. The summed E-state index contributed by atoms with van der Waals surface area (Å²) >= 11 is 0. The Hall–Kier alpha value is -1.60. The van der Waals surface area contributed by atoms with Crippen LogP contribution < -0.4 is 4.90 Å². The molecule has 0 saturated carbocycles. The van der Waals surface area contributed by atoms with Gasteiger partial charge in [0.05, 0.1) is 18.1 Å². The molecule has 2 heterocycles. The molecule has 0 aromatic heterocycles. The number of anilines is 1. The highest BCUT2D eigenvalue weighted by Gasteiger charge is 2.26. The van der Waals surface area contributed by atoms with Crippen LogP contribution >= 0.6 is 0 Å². The molecule has 0 spiro atoms. The smallest absolute Gasteiger partial charge is 0.236 e. The summed E-state index contributed by atoms with van der Waals surface area (Å²) in [6.45, 7) is 4.39. The van der Waals surface area contributed by atoms with Crippen LogP contribution in [0.4, 0.5) is 5.69 Å². The van der Waals surface area contributed by atoms with Crippen molar-refractivity contribution in [1.82, 2.24) is 9.80 Å². The summed E-state index contributed by atoms with van der Waals surface area (Å²) in [5.41, 5.74) is 1.20. The van der Waals surface area contributed by atoms with Crippen LogP contribution in [0.2, 0.25) is 0 Å². The summed E-state index contributed by atoms with van der Waals surface area (Å²) in [5, 5.41) is 0. The summed E-state index contributed by atoms with van der Waals surface area (Å²) < 4.78 is 22.9. The van der Waals surface area contributed by atoms with E-state index in [1.54, 1.807) is 0 Å². The number of carbonyl (C=O) groups excluding carboxylic acids is 1. The van der Waals surface area contributed by atoms with Crippen molar-refractivity contribution in [1.29, 1.82) is 0 Å². The standard InChI is InChI=1S/C16H23N3O3S/c20-16(14-17-10-12-23(21,22)13-11-17)19-8-6-18(7-9-19)15-4-2-1-3-5-15/h1-5H,6-14H2. The third-order valence-corrected chi connectivity index (χ3v) is 6.16. The number of sulfone groups is 1. The van der Waals surface area contributed by atoms with Crippen LogP contribution in [0.3, 0.4) is 0 Å². The highest BCUT2D eigenvalue weighted by atomic mass is 32.2. The van der Waals surface area contributed by atoms with Gasteiger partial charge in [0, 0.05) is 45.0 Å². The molecular weight excluding hydrogens is 314 g/mol. The first-order valence-corrected chi connectivity index (χ1v) is 9.86. The molecule has 126 valence electrons. The summed E-state index contributed by atoms with van der Waals surface area (Å²) in [4.78, 5) is 18.5. The zero-order valence-corrected chi connectivity index (χ0v) is 14.0. The van der Waals surface area contributed by atoms with Crippen molar-refractivity contribution < 1.29 is 13.2 Å². The van der Waals surface area contributed by atoms with E-state index < -0.39 is 9.84 Å². The maximum Gasteiger partial charge on any atom is 0.236 e. The van der Waals surface area contributed by atoms with Crippen LogP contribution in [0.25, 0.3) is 0 Å². The summed E-state index contributed by atoms with van der Waals surface area (Å²) in [7, 11) is -2.89. The van der Waals surface area contributed by atoms with Gasteiger partial charge in [-0.15, -0.1) is 0 Å². The van der Waals surface area contributed by atoms with Gasteiger partial charge in [0.15, 0.2) is 9.84 Å². The van der Waals surface area contributed by atoms with E-state index in [1.807, 2.05) is 28.0 Å². The second-order valence-corrected chi connectivity index (χ2v) is 8.43. The molecule has 0 unspecified atom stereocenters. The van der Waals surface area contributed by atoms with Crippen molar-refractivity contribution in [3.05, 3.63) is 30.3 Å². The summed E-state index contributed by atoms with van der Waals surface area (Å²) in [5.74, 6) is 0.446. The first-order chi connectivity index (χ1) is 11.0. The van der Waals surface area contributed by atoms with Crippen LogP contribution in [0.1, 0.15) is 0 Å². The van der Waals surface area contributed by atoms with E-state index in [2.05, 4.69) is 17.0 Å². The third kappa shape index (κ3) is 4.23. The Bertz CT molecular complexity index is 626. The van der Waals surface area contributed by atoms with E-state index in [-0.39, 0.29) is 17.4 Å². The van der Waals surface area contributed by atoms with E-state index >= 15 is 0 Å². The van der Waals surface area contributed by atoms with Crippen molar-refractivity contribution >= 4 is 21.4 Å².